The molecule has 4 heteroatoms. The van der Waals surface area contributed by atoms with Crippen molar-refractivity contribution < 1.29 is 4.74 Å². The highest BCUT2D eigenvalue weighted by Crippen LogP contribution is 2.25. The van der Waals surface area contributed by atoms with Crippen molar-refractivity contribution in [2.45, 2.75) is 38.7 Å². The van der Waals surface area contributed by atoms with Gasteiger partial charge in [-0.3, -0.25) is 0 Å². The summed E-state index contributed by atoms with van der Waals surface area (Å²) in [5, 5.41) is 0.719. The molecule has 0 spiro atoms. The lowest BCUT2D eigenvalue weighted by Gasteiger charge is -2.19. The molecular formula is C17H19Cl2NO. The number of benzene rings is 1. The normalized spacial score (nSPS) is 11.5. The molecule has 2 rings (SSSR count). The van der Waals surface area contributed by atoms with Gasteiger partial charge in [-0.25, -0.2) is 4.98 Å². The van der Waals surface area contributed by atoms with Crippen LogP contribution < -0.4 is 4.74 Å². The Morgan fingerprint density at radius 3 is 2.29 bits per heavy atom. The van der Waals surface area contributed by atoms with Gasteiger partial charge in [-0.2, -0.15) is 0 Å². The van der Waals surface area contributed by atoms with Gasteiger partial charge in [0.15, 0.2) is 0 Å². The van der Waals surface area contributed by atoms with E-state index in [0.29, 0.717) is 18.4 Å². The maximum atomic E-state index is 5.96. The first kappa shape index (κ1) is 16.1. The summed E-state index contributed by atoms with van der Waals surface area (Å²) in [6.07, 6.45) is 0. The molecule has 0 N–H and O–H groups in total. The van der Waals surface area contributed by atoms with E-state index in [-0.39, 0.29) is 5.41 Å². The van der Waals surface area contributed by atoms with E-state index in [2.05, 4.69) is 25.8 Å². The van der Waals surface area contributed by atoms with Gasteiger partial charge >= 0.3 is 0 Å². The zero-order valence-electron chi connectivity index (χ0n) is 12.5. The lowest BCUT2D eigenvalue weighted by atomic mass is 9.91. The Labute approximate surface area is 136 Å². The summed E-state index contributed by atoms with van der Waals surface area (Å²) in [5.41, 5.74) is 3.00. The molecule has 2 aromatic rings. The standard InChI is InChI=1S/C17H19Cl2NO/c1-17(2,3)15-8-13(10-18)9-16(20-15)21-11-12-4-6-14(19)7-5-12/h4-9H,10-11H2,1-3H3. The molecule has 0 aliphatic carbocycles. The Balaban J connectivity index is 2.17. The molecular weight excluding hydrogens is 305 g/mol. The number of halogens is 2. The fourth-order valence-corrected chi connectivity index (χ4v) is 2.11. The molecule has 0 fully saturated rings. The van der Waals surface area contributed by atoms with Crippen LogP contribution in [-0.4, -0.2) is 4.98 Å². The summed E-state index contributed by atoms with van der Waals surface area (Å²) in [6.45, 7) is 6.82. The SMILES string of the molecule is CC(C)(C)c1cc(CCl)cc(OCc2ccc(Cl)cc2)n1. The van der Waals surface area contributed by atoms with Crippen LogP contribution in [0.1, 0.15) is 37.6 Å². The second-order valence-corrected chi connectivity index (χ2v) is 6.70. The number of nitrogens with zero attached hydrogens (tertiary/aromatic N) is 1. The Morgan fingerprint density at radius 1 is 1.05 bits per heavy atom. The third kappa shape index (κ3) is 4.62. The summed E-state index contributed by atoms with van der Waals surface area (Å²) in [7, 11) is 0. The molecule has 0 saturated heterocycles. The fraction of sp³-hybridized carbons (Fsp3) is 0.353. The van der Waals surface area contributed by atoms with E-state index in [1.807, 2.05) is 36.4 Å². The zero-order chi connectivity index (χ0) is 15.5. The number of ether oxygens (including phenoxy) is 1. The van der Waals surface area contributed by atoms with Crippen molar-refractivity contribution in [2.75, 3.05) is 0 Å². The zero-order valence-corrected chi connectivity index (χ0v) is 14.0. The molecule has 1 aromatic heterocycles. The Hall–Kier alpha value is -1.25. The van der Waals surface area contributed by atoms with Crippen LogP contribution in [0.4, 0.5) is 0 Å². The van der Waals surface area contributed by atoms with E-state index in [0.717, 1.165) is 21.8 Å². The van der Waals surface area contributed by atoms with Crippen LogP contribution in [0, 0.1) is 0 Å². The van der Waals surface area contributed by atoms with Crippen LogP contribution in [-0.2, 0) is 17.9 Å². The van der Waals surface area contributed by atoms with Crippen LogP contribution in [0.15, 0.2) is 36.4 Å². The van der Waals surface area contributed by atoms with Gasteiger partial charge in [0.1, 0.15) is 6.61 Å². The quantitative estimate of drug-likeness (QED) is 0.707. The highest BCUT2D eigenvalue weighted by Gasteiger charge is 2.17. The summed E-state index contributed by atoms with van der Waals surface area (Å²) < 4.78 is 5.80. The maximum absolute atomic E-state index is 5.96. The average Bonchev–Trinajstić information content (AvgIpc) is 2.45. The summed E-state index contributed by atoms with van der Waals surface area (Å²) in [6, 6.07) is 11.5. The third-order valence-corrected chi connectivity index (χ3v) is 3.64. The molecule has 0 amide bonds. The second-order valence-electron chi connectivity index (χ2n) is 6.00. The number of hydrogen-bond acceptors (Lipinski definition) is 2. The molecule has 1 heterocycles. The van der Waals surface area contributed by atoms with Gasteiger partial charge in [-0.15, -0.1) is 11.6 Å². The molecule has 0 aliphatic rings. The van der Waals surface area contributed by atoms with E-state index in [4.69, 9.17) is 27.9 Å². The van der Waals surface area contributed by atoms with Gasteiger partial charge in [-0.05, 0) is 29.3 Å². The average molecular weight is 324 g/mol. The first-order valence-corrected chi connectivity index (χ1v) is 7.74. The fourth-order valence-electron chi connectivity index (χ4n) is 1.83. The summed E-state index contributed by atoms with van der Waals surface area (Å²) in [5.74, 6) is 1.05. The summed E-state index contributed by atoms with van der Waals surface area (Å²) >= 11 is 11.8. The first-order valence-electron chi connectivity index (χ1n) is 6.83. The van der Waals surface area contributed by atoms with Gasteiger partial charge in [-0.1, -0.05) is 44.5 Å². The van der Waals surface area contributed by atoms with Crippen molar-refractivity contribution in [3.05, 3.63) is 58.2 Å². The van der Waals surface area contributed by atoms with Gasteiger partial charge < -0.3 is 4.74 Å². The second kappa shape index (κ2) is 6.67. The topological polar surface area (TPSA) is 22.1 Å². The Kier molecular flexibility index (Phi) is 5.13. The monoisotopic (exact) mass is 323 g/mol. The Bertz CT molecular complexity index is 603. The highest BCUT2D eigenvalue weighted by atomic mass is 35.5. The molecule has 0 unspecified atom stereocenters. The van der Waals surface area contributed by atoms with Crippen molar-refractivity contribution in [2.24, 2.45) is 0 Å². The lowest BCUT2D eigenvalue weighted by Crippen LogP contribution is -2.14. The van der Waals surface area contributed by atoms with Crippen molar-refractivity contribution in [3.8, 4) is 5.88 Å². The summed E-state index contributed by atoms with van der Waals surface area (Å²) in [4.78, 5) is 4.58. The van der Waals surface area contributed by atoms with Crippen molar-refractivity contribution >= 4 is 23.2 Å². The highest BCUT2D eigenvalue weighted by molar-refractivity contribution is 6.30. The van der Waals surface area contributed by atoms with Crippen LogP contribution >= 0.6 is 23.2 Å². The third-order valence-electron chi connectivity index (χ3n) is 3.08. The van der Waals surface area contributed by atoms with E-state index in [1.165, 1.54) is 0 Å². The van der Waals surface area contributed by atoms with E-state index in [9.17, 15) is 0 Å². The van der Waals surface area contributed by atoms with E-state index >= 15 is 0 Å². The van der Waals surface area contributed by atoms with Crippen LogP contribution in [0.3, 0.4) is 0 Å². The smallest absolute Gasteiger partial charge is 0.214 e. The lowest BCUT2D eigenvalue weighted by molar-refractivity contribution is 0.291. The predicted octanol–water partition coefficient (Wildman–Crippen LogP) is 5.35. The molecule has 112 valence electrons. The largest absolute Gasteiger partial charge is 0.473 e. The molecule has 21 heavy (non-hydrogen) atoms. The molecule has 2 nitrogen and oxygen atoms in total. The number of pyridine rings is 1. The minimum atomic E-state index is -0.0412. The van der Waals surface area contributed by atoms with Gasteiger partial charge in [0, 0.05) is 22.4 Å². The molecule has 0 bridgehead atoms. The molecule has 0 radical (unpaired) electrons. The van der Waals surface area contributed by atoms with E-state index < -0.39 is 0 Å². The first-order chi connectivity index (χ1) is 9.88. The number of aromatic nitrogens is 1. The number of hydrogen-bond donors (Lipinski definition) is 0. The van der Waals surface area contributed by atoms with Crippen molar-refractivity contribution in [3.63, 3.8) is 0 Å². The molecule has 0 atom stereocenters. The van der Waals surface area contributed by atoms with Gasteiger partial charge in [0.25, 0.3) is 0 Å². The maximum Gasteiger partial charge on any atom is 0.214 e. The van der Waals surface area contributed by atoms with Crippen LogP contribution in [0.5, 0.6) is 5.88 Å². The number of alkyl halides is 1. The van der Waals surface area contributed by atoms with Crippen molar-refractivity contribution in [1.82, 2.24) is 4.98 Å². The molecule has 0 aliphatic heterocycles. The van der Waals surface area contributed by atoms with Crippen LogP contribution in [0.25, 0.3) is 0 Å². The van der Waals surface area contributed by atoms with E-state index in [1.54, 1.807) is 0 Å². The Morgan fingerprint density at radius 2 is 1.71 bits per heavy atom. The minimum absolute atomic E-state index is 0.0412. The van der Waals surface area contributed by atoms with Crippen molar-refractivity contribution in [1.29, 1.82) is 0 Å². The minimum Gasteiger partial charge on any atom is -0.473 e. The van der Waals surface area contributed by atoms with Gasteiger partial charge in [0.2, 0.25) is 5.88 Å². The number of rotatable bonds is 4. The predicted molar refractivity (Wildman–Crippen MR) is 88.3 cm³/mol. The van der Waals surface area contributed by atoms with Gasteiger partial charge in [0.05, 0.1) is 5.69 Å². The molecule has 1 aromatic carbocycles. The molecule has 0 saturated carbocycles. The van der Waals surface area contributed by atoms with Crippen LogP contribution in [0.2, 0.25) is 5.02 Å².